The van der Waals surface area contributed by atoms with Gasteiger partial charge in [0.2, 0.25) is 5.91 Å². The van der Waals surface area contributed by atoms with Crippen molar-refractivity contribution >= 4 is 28.8 Å². The average Bonchev–Trinajstić information content (AvgIpc) is 3.24. The van der Waals surface area contributed by atoms with E-state index in [1.165, 1.54) is 23.9 Å². The standard InChI is InChI=1S/C26H31F3N4O4S/c1-16(2)37-24(35)22-17(3)31-25-33(23(22)18-4-6-19(7-5-18)26(27,28)29)20(15-38-25)14-21(34)30-8-9-32-10-12-36-13-11-32/h4-7,15-16,23H,8-14H2,1-3H3,(H,30,34)/t23-/m1/s1. The van der Waals surface area contributed by atoms with Crippen molar-refractivity contribution < 1.29 is 32.2 Å². The van der Waals surface area contributed by atoms with Crippen molar-refractivity contribution in [1.82, 2.24) is 15.1 Å². The number of aliphatic imine (C=N–C) groups is 1. The molecule has 0 aromatic heterocycles. The third kappa shape index (κ3) is 6.59. The Balaban J connectivity index is 1.56. The number of hydrogen-bond donors (Lipinski definition) is 1. The lowest BCUT2D eigenvalue weighted by Crippen LogP contribution is -2.42. The fourth-order valence-electron chi connectivity index (χ4n) is 4.48. The lowest BCUT2D eigenvalue weighted by Gasteiger charge is -2.36. The van der Waals surface area contributed by atoms with Gasteiger partial charge in [-0.25, -0.2) is 9.79 Å². The molecular formula is C26H31F3N4O4S. The number of carbonyl (C=O) groups is 2. The van der Waals surface area contributed by atoms with Gasteiger partial charge in [0.15, 0.2) is 5.17 Å². The van der Waals surface area contributed by atoms with E-state index >= 15 is 0 Å². The van der Waals surface area contributed by atoms with E-state index in [1.54, 1.807) is 31.1 Å². The van der Waals surface area contributed by atoms with Crippen molar-refractivity contribution in [2.45, 2.75) is 45.5 Å². The van der Waals surface area contributed by atoms with Crippen LogP contribution in [0.2, 0.25) is 0 Å². The minimum absolute atomic E-state index is 0.0256. The summed E-state index contributed by atoms with van der Waals surface area (Å²) in [5.74, 6) is -0.800. The lowest BCUT2D eigenvalue weighted by atomic mass is 9.93. The molecule has 206 valence electrons. The van der Waals surface area contributed by atoms with Gasteiger partial charge in [-0.05, 0) is 43.9 Å². The number of carbonyl (C=O) groups excluding carboxylic acids is 2. The van der Waals surface area contributed by atoms with Crippen LogP contribution in [-0.2, 0) is 25.2 Å². The summed E-state index contributed by atoms with van der Waals surface area (Å²) in [6.45, 7) is 9.29. The zero-order valence-corrected chi connectivity index (χ0v) is 22.3. The summed E-state index contributed by atoms with van der Waals surface area (Å²) in [5, 5.41) is 5.27. The monoisotopic (exact) mass is 552 g/mol. The van der Waals surface area contributed by atoms with Crippen LogP contribution in [-0.4, -0.2) is 72.3 Å². The van der Waals surface area contributed by atoms with E-state index in [0.29, 0.717) is 48.4 Å². The Labute approximate surface area is 223 Å². The molecule has 12 heteroatoms. The number of nitrogens with one attached hydrogen (secondary N) is 1. The summed E-state index contributed by atoms with van der Waals surface area (Å²) in [6, 6.07) is 3.90. The van der Waals surface area contributed by atoms with Crippen LogP contribution in [0.4, 0.5) is 13.2 Å². The van der Waals surface area contributed by atoms with E-state index in [9.17, 15) is 22.8 Å². The molecule has 0 aliphatic carbocycles. The smallest absolute Gasteiger partial charge is 0.416 e. The second-order valence-corrected chi connectivity index (χ2v) is 10.3. The van der Waals surface area contributed by atoms with Crippen LogP contribution in [0.1, 0.15) is 44.4 Å². The van der Waals surface area contributed by atoms with E-state index in [-0.39, 0.29) is 17.9 Å². The third-order valence-corrected chi connectivity index (χ3v) is 7.20. The summed E-state index contributed by atoms with van der Waals surface area (Å²) < 4.78 is 50.5. The number of ether oxygens (including phenoxy) is 2. The Morgan fingerprint density at radius 1 is 1.21 bits per heavy atom. The molecule has 1 aromatic carbocycles. The van der Waals surface area contributed by atoms with Gasteiger partial charge in [0, 0.05) is 31.9 Å². The zero-order valence-electron chi connectivity index (χ0n) is 21.5. The largest absolute Gasteiger partial charge is 0.459 e. The van der Waals surface area contributed by atoms with Gasteiger partial charge in [0.25, 0.3) is 0 Å². The first-order valence-electron chi connectivity index (χ1n) is 12.4. The van der Waals surface area contributed by atoms with Gasteiger partial charge >= 0.3 is 12.1 Å². The number of rotatable bonds is 8. The number of allylic oxidation sites excluding steroid dienone is 1. The summed E-state index contributed by atoms with van der Waals surface area (Å²) in [7, 11) is 0. The highest BCUT2D eigenvalue weighted by molar-refractivity contribution is 8.16. The molecule has 1 saturated heterocycles. The van der Waals surface area contributed by atoms with Crippen LogP contribution < -0.4 is 5.32 Å². The van der Waals surface area contributed by atoms with Crippen molar-refractivity contribution in [3.63, 3.8) is 0 Å². The molecule has 1 amide bonds. The molecule has 38 heavy (non-hydrogen) atoms. The van der Waals surface area contributed by atoms with E-state index < -0.39 is 29.9 Å². The summed E-state index contributed by atoms with van der Waals surface area (Å²) in [6.07, 6.45) is -4.86. The lowest BCUT2D eigenvalue weighted by molar-refractivity contribution is -0.143. The van der Waals surface area contributed by atoms with Gasteiger partial charge in [-0.15, -0.1) is 0 Å². The van der Waals surface area contributed by atoms with Crippen molar-refractivity contribution in [2.24, 2.45) is 4.99 Å². The Morgan fingerprint density at radius 3 is 2.53 bits per heavy atom. The van der Waals surface area contributed by atoms with Crippen LogP contribution in [0.5, 0.6) is 0 Å². The summed E-state index contributed by atoms with van der Waals surface area (Å²) >= 11 is 1.31. The van der Waals surface area contributed by atoms with Crippen LogP contribution >= 0.6 is 11.8 Å². The SMILES string of the molecule is CC1=C(C(=O)OC(C)C)[C@@H](c2ccc(C(F)(F)F)cc2)N2C(CC(=O)NCCN3CCOCC3)=CSC2=N1. The average molecular weight is 553 g/mol. The number of halogens is 3. The van der Waals surface area contributed by atoms with Crippen molar-refractivity contribution in [3.05, 3.63) is 57.8 Å². The molecule has 1 fully saturated rings. The molecule has 3 heterocycles. The van der Waals surface area contributed by atoms with E-state index in [4.69, 9.17) is 9.47 Å². The van der Waals surface area contributed by atoms with Crippen LogP contribution in [0.3, 0.4) is 0 Å². The molecule has 0 unspecified atom stereocenters. The second kappa shape index (κ2) is 11.9. The number of benzene rings is 1. The minimum atomic E-state index is -4.49. The molecule has 3 aliphatic heterocycles. The number of thioether (sulfide) groups is 1. The maximum absolute atomic E-state index is 13.2. The van der Waals surface area contributed by atoms with Crippen molar-refractivity contribution in [2.75, 3.05) is 39.4 Å². The maximum Gasteiger partial charge on any atom is 0.416 e. The van der Waals surface area contributed by atoms with Gasteiger partial charge < -0.3 is 19.7 Å². The molecular weight excluding hydrogens is 521 g/mol. The number of amides is 1. The van der Waals surface area contributed by atoms with Crippen LogP contribution in [0.15, 0.2) is 51.6 Å². The maximum atomic E-state index is 13.2. The second-order valence-electron chi connectivity index (χ2n) is 9.45. The molecule has 4 rings (SSSR count). The zero-order chi connectivity index (χ0) is 27.4. The fourth-order valence-corrected chi connectivity index (χ4v) is 5.45. The first kappa shape index (κ1) is 28.2. The first-order valence-corrected chi connectivity index (χ1v) is 13.3. The van der Waals surface area contributed by atoms with Crippen molar-refractivity contribution in [1.29, 1.82) is 0 Å². The minimum Gasteiger partial charge on any atom is -0.459 e. The number of amidine groups is 1. The highest BCUT2D eigenvalue weighted by Gasteiger charge is 2.41. The predicted molar refractivity (Wildman–Crippen MR) is 138 cm³/mol. The quantitative estimate of drug-likeness (QED) is 0.487. The number of fused-ring (bicyclic) bond motifs is 1. The number of esters is 1. The van der Waals surface area contributed by atoms with Crippen LogP contribution in [0, 0.1) is 0 Å². The number of nitrogens with zero attached hydrogens (tertiary/aromatic N) is 3. The third-order valence-electron chi connectivity index (χ3n) is 6.31. The molecule has 1 atom stereocenters. The van der Waals surface area contributed by atoms with Gasteiger partial charge in [0.05, 0.1) is 48.6 Å². The normalized spacial score (nSPS) is 20.3. The fraction of sp³-hybridized carbons (Fsp3) is 0.500. The number of alkyl halides is 3. The number of hydrogen-bond acceptors (Lipinski definition) is 8. The first-order chi connectivity index (χ1) is 18.0. The summed E-state index contributed by atoms with van der Waals surface area (Å²) in [4.78, 5) is 34.5. The highest BCUT2D eigenvalue weighted by Crippen LogP contribution is 2.45. The molecule has 0 spiro atoms. The molecule has 0 bridgehead atoms. The molecule has 3 aliphatic rings. The van der Waals surface area contributed by atoms with E-state index in [0.717, 1.165) is 25.2 Å². The van der Waals surface area contributed by atoms with Gasteiger partial charge in [0.1, 0.15) is 0 Å². The van der Waals surface area contributed by atoms with Crippen molar-refractivity contribution in [3.8, 4) is 0 Å². The van der Waals surface area contributed by atoms with Gasteiger partial charge in [-0.3, -0.25) is 9.69 Å². The topological polar surface area (TPSA) is 83.5 Å². The van der Waals surface area contributed by atoms with Crippen LogP contribution in [0.25, 0.3) is 0 Å². The Kier molecular flexibility index (Phi) is 8.84. The molecule has 1 N–H and O–H groups in total. The molecule has 0 saturated carbocycles. The highest BCUT2D eigenvalue weighted by atomic mass is 32.2. The number of morpholine rings is 1. The Morgan fingerprint density at radius 2 is 1.89 bits per heavy atom. The molecule has 8 nitrogen and oxygen atoms in total. The van der Waals surface area contributed by atoms with E-state index in [1.807, 2.05) is 0 Å². The van der Waals surface area contributed by atoms with Gasteiger partial charge in [-0.1, -0.05) is 23.9 Å². The Bertz CT molecular complexity index is 1140. The molecule has 0 radical (unpaired) electrons. The van der Waals surface area contributed by atoms with E-state index in [2.05, 4.69) is 15.2 Å². The Hall–Kier alpha value is -2.83. The molecule has 1 aromatic rings. The summed E-state index contributed by atoms with van der Waals surface area (Å²) in [5.41, 5.74) is 0.919. The van der Waals surface area contributed by atoms with Gasteiger partial charge in [-0.2, -0.15) is 13.2 Å². The predicted octanol–water partition coefficient (Wildman–Crippen LogP) is 4.07.